The molecule has 0 aliphatic heterocycles. The smallest absolute Gasteiger partial charge is 0.344 e. The molecule has 3 rings (SSSR count). The Hall–Kier alpha value is -3.21. The van der Waals surface area contributed by atoms with Crippen LogP contribution in [-0.4, -0.2) is 11.9 Å². The zero-order valence-electron chi connectivity index (χ0n) is 15.4. The van der Waals surface area contributed by atoms with E-state index < -0.39 is 11.9 Å². The van der Waals surface area contributed by atoms with Gasteiger partial charge in [0.1, 0.15) is 17.4 Å². The van der Waals surface area contributed by atoms with E-state index in [-0.39, 0.29) is 5.57 Å². The average Bonchev–Trinajstić information content (AvgIpc) is 2.75. The first kappa shape index (κ1) is 21.5. The van der Waals surface area contributed by atoms with Gasteiger partial charge in [-0.3, -0.25) is 4.79 Å². The van der Waals surface area contributed by atoms with Gasteiger partial charge in [-0.1, -0.05) is 36.4 Å². The fourth-order valence-corrected chi connectivity index (χ4v) is 3.32. The second kappa shape index (κ2) is 10.0. The van der Waals surface area contributed by atoms with E-state index in [0.29, 0.717) is 31.5 Å². The van der Waals surface area contributed by atoms with Gasteiger partial charge in [0.2, 0.25) is 0 Å². The minimum absolute atomic E-state index is 0.0521. The molecule has 1 N–H and O–H groups in total. The number of amides is 1. The first-order valence-corrected chi connectivity index (χ1v) is 10.3. The SMILES string of the molecule is N#C/C(=C\c1ccc(OC(=O)c2ccccc2Br)cc1)C(=O)Nc1ccccc1Br. The summed E-state index contributed by atoms with van der Waals surface area (Å²) >= 11 is 6.67. The molecule has 0 aromatic heterocycles. The number of benzene rings is 3. The fourth-order valence-electron chi connectivity index (χ4n) is 2.49. The minimum Gasteiger partial charge on any atom is -0.423 e. The molecule has 0 heterocycles. The normalized spacial score (nSPS) is 10.8. The Balaban J connectivity index is 1.71. The third-order valence-corrected chi connectivity index (χ3v) is 5.37. The van der Waals surface area contributed by atoms with Crippen molar-refractivity contribution in [2.24, 2.45) is 0 Å². The molecule has 0 aliphatic rings. The van der Waals surface area contributed by atoms with Crippen molar-refractivity contribution < 1.29 is 14.3 Å². The molecule has 30 heavy (non-hydrogen) atoms. The molecule has 5 nitrogen and oxygen atoms in total. The number of carbonyl (C=O) groups is 2. The number of esters is 1. The van der Waals surface area contributed by atoms with Crippen molar-refractivity contribution in [1.29, 1.82) is 5.26 Å². The molecule has 0 atom stereocenters. The first-order chi connectivity index (χ1) is 14.5. The lowest BCUT2D eigenvalue weighted by molar-refractivity contribution is -0.112. The Morgan fingerprint density at radius 3 is 2.17 bits per heavy atom. The second-order valence-electron chi connectivity index (χ2n) is 6.04. The van der Waals surface area contributed by atoms with Crippen LogP contribution in [-0.2, 0) is 4.79 Å². The van der Waals surface area contributed by atoms with E-state index in [4.69, 9.17) is 4.74 Å². The predicted molar refractivity (Wildman–Crippen MR) is 122 cm³/mol. The maximum absolute atomic E-state index is 12.4. The number of hydrogen-bond donors (Lipinski definition) is 1. The Bertz CT molecular complexity index is 1170. The van der Waals surface area contributed by atoms with Crippen molar-refractivity contribution >= 4 is 55.5 Å². The van der Waals surface area contributed by atoms with Crippen LogP contribution in [0.3, 0.4) is 0 Å². The van der Waals surface area contributed by atoms with Gasteiger partial charge in [-0.2, -0.15) is 5.26 Å². The van der Waals surface area contributed by atoms with Crippen LogP contribution < -0.4 is 10.1 Å². The van der Waals surface area contributed by atoms with Crippen LogP contribution in [0.2, 0.25) is 0 Å². The van der Waals surface area contributed by atoms with Gasteiger partial charge < -0.3 is 10.1 Å². The molecule has 0 bridgehead atoms. The summed E-state index contributed by atoms with van der Waals surface area (Å²) in [5.74, 6) is -0.658. The standard InChI is InChI=1S/C23H14Br2N2O3/c24-19-6-2-1-5-18(19)23(29)30-17-11-9-15(10-12-17)13-16(14-26)22(28)27-21-8-4-3-7-20(21)25/h1-13H,(H,27,28)/b16-13+. The van der Waals surface area contributed by atoms with Gasteiger partial charge in [0.15, 0.2) is 0 Å². The largest absolute Gasteiger partial charge is 0.423 e. The summed E-state index contributed by atoms with van der Waals surface area (Å²) in [6.45, 7) is 0. The van der Waals surface area contributed by atoms with E-state index in [1.807, 2.05) is 12.1 Å². The summed E-state index contributed by atoms with van der Waals surface area (Å²) in [6.07, 6.45) is 1.46. The highest BCUT2D eigenvalue weighted by Crippen LogP contribution is 2.23. The number of anilines is 1. The first-order valence-electron chi connectivity index (χ1n) is 8.72. The van der Waals surface area contributed by atoms with E-state index >= 15 is 0 Å². The molecule has 1 amide bonds. The molecule has 0 saturated heterocycles. The van der Waals surface area contributed by atoms with Crippen LogP contribution in [0.4, 0.5) is 5.69 Å². The molecule has 0 aliphatic carbocycles. The molecular weight excluding hydrogens is 512 g/mol. The lowest BCUT2D eigenvalue weighted by Crippen LogP contribution is -2.13. The topological polar surface area (TPSA) is 79.2 Å². The number of nitriles is 1. The molecule has 0 spiro atoms. The van der Waals surface area contributed by atoms with Crippen molar-refractivity contribution in [2.75, 3.05) is 5.32 Å². The van der Waals surface area contributed by atoms with Crippen molar-refractivity contribution in [3.05, 3.63) is 98.4 Å². The van der Waals surface area contributed by atoms with E-state index in [1.54, 1.807) is 66.7 Å². The van der Waals surface area contributed by atoms with Gasteiger partial charge in [0.05, 0.1) is 11.3 Å². The van der Waals surface area contributed by atoms with Crippen LogP contribution in [0.1, 0.15) is 15.9 Å². The molecule has 0 radical (unpaired) electrons. The number of para-hydroxylation sites is 1. The van der Waals surface area contributed by atoms with Gasteiger partial charge >= 0.3 is 5.97 Å². The highest BCUT2D eigenvalue weighted by atomic mass is 79.9. The minimum atomic E-state index is -0.520. The summed E-state index contributed by atoms with van der Waals surface area (Å²) < 4.78 is 6.73. The van der Waals surface area contributed by atoms with Gasteiger partial charge in [-0.05, 0) is 79.9 Å². The van der Waals surface area contributed by atoms with Crippen LogP contribution in [0.15, 0.2) is 87.3 Å². The Morgan fingerprint density at radius 2 is 1.53 bits per heavy atom. The molecule has 148 valence electrons. The van der Waals surface area contributed by atoms with Crippen LogP contribution in [0, 0.1) is 11.3 Å². The van der Waals surface area contributed by atoms with Gasteiger partial charge in [-0.15, -0.1) is 0 Å². The molecule has 3 aromatic rings. The van der Waals surface area contributed by atoms with E-state index in [2.05, 4.69) is 37.2 Å². The Morgan fingerprint density at radius 1 is 0.900 bits per heavy atom. The third-order valence-electron chi connectivity index (χ3n) is 3.98. The summed E-state index contributed by atoms with van der Waals surface area (Å²) in [4.78, 5) is 24.7. The molecule has 3 aromatic carbocycles. The van der Waals surface area contributed by atoms with E-state index in [9.17, 15) is 14.9 Å². The van der Waals surface area contributed by atoms with Crippen molar-refractivity contribution in [3.8, 4) is 11.8 Å². The van der Waals surface area contributed by atoms with Crippen molar-refractivity contribution in [1.82, 2.24) is 0 Å². The summed E-state index contributed by atoms with van der Waals surface area (Å²) in [6, 6.07) is 22.5. The lowest BCUT2D eigenvalue weighted by atomic mass is 10.1. The van der Waals surface area contributed by atoms with Crippen LogP contribution >= 0.6 is 31.9 Å². The molecular formula is C23H14Br2N2O3. The Labute approximate surface area is 190 Å². The highest BCUT2D eigenvalue weighted by Gasteiger charge is 2.13. The zero-order chi connectivity index (χ0) is 21.5. The van der Waals surface area contributed by atoms with Gasteiger partial charge in [0, 0.05) is 8.95 Å². The molecule has 0 saturated carbocycles. The second-order valence-corrected chi connectivity index (χ2v) is 7.75. The average molecular weight is 526 g/mol. The monoisotopic (exact) mass is 524 g/mol. The number of hydrogen-bond acceptors (Lipinski definition) is 4. The fraction of sp³-hybridized carbons (Fsp3) is 0. The maximum atomic E-state index is 12.4. The van der Waals surface area contributed by atoms with Gasteiger partial charge in [0.25, 0.3) is 5.91 Å². The molecule has 0 unspecified atom stereocenters. The number of nitrogens with zero attached hydrogens (tertiary/aromatic N) is 1. The number of rotatable bonds is 5. The van der Waals surface area contributed by atoms with Crippen LogP contribution in [0.5, 0.6) is 5.75 Å². The number of halogens is 2. The Kier molecular flexibility index (Phi) is 7.17. The molecule has 7 heteroatoms. The number of ether oxygens (including phenoxy) is 1. The van der Waals surface area contributed by atoms with Crippen molar-refractivity contribution in [3.63, 3.8) is 0 Å². The van der Waals surface area contributed by atoms with Gasteiger partial charge in [-0.25, -0.2) is 4.79 Å². The van der Waals surface area contributed by atoms with Crippen molar-refractivity contribution in [2.45, 2.75) is 0 Å². The summed E-state index contributed by atoms with van der Waals surface area (Å²) in [5, 5.41) is 12.1. The molecule has 0 fully saturated rings. The predicted octanol–water partition coefficient (Wildman–Crippen LogP) is 5.98. The maximum Gasteiger partial charge on any atom is 0.344 e. The lowest BCUT2D eigenvalue weighted by Gasteiger charge is -2.07. The number of carbonyl (C=O) groups excluding carboxylic acids is 2. The third kappa shape index (κ3) is 5.44. The van der Waals surface area contributed by atoms with E-state index in [0.717, 1.165) is 0 Å². The highest BCUT2D eigenvalue weighted by molar-refractivity contribution is 9.11. The zero-order valence-corrected chi connectivity index (χ0v) is 18.6. The quantitative estimate of drug-likeness (QED) is 0.192. The van der Waals surface area contributed by atoms with Crippen LogP contribution in [0.25, 0.3) is 6.08 Å². The summed E-state index contributed by atoms with van der Waals surface area (Å²) in [7, 11) is 0. The summed E-state index contributed by atoms with van der Waals surface area (Å²) in [5.41, 5.74) is 1.55. The van der Waals surface area contributed by atoms with E-state index in [1.165, 1.54) is 6.08 Å². The number of nitrogens with one attached hydrogen (secondary N) is 1.